The molecular weight excluding hydrogens is 252 g/mol. The Morgan fingerprint density at radius 2 is 2.05 bits per heavy atom. The standard InChI is InChI=1S/C15H20N4O/c1-4-14(13-5-7-16-8-6-13)18-15(20)9-19-10-17-11(2)12(19)3/h5-8,10,14H,4,9H2,1-3H3,(H,18,20). The summed E-state index contributed by atoms with van der Waals surface area (Å²) in [5.41, 5.74) is 3.06. The average Bonchev–Trinajstić information content (AvgIpc) is 2.77. The van der Waals surface area contributed by atoms with Gasteiger partial charge in [0.1, 0.15) is 6.54 Å². The van der Waals surface area contributed by atoms with Crippen LogP contribution in [0.1, 0.15) is 36.3 Å². The molecule has 1 amide bonds. The van der Waals surface area contributed by atoms with Gasteiger partial charge in [0.2, 0.25) is 5.91 Å². The summed E-state index contributed by atoms with van der Waals surface area (Å²) in [7, 11) is 0. The lowest BCUT2D eigenvalue weighted by Gasteiger charge is -2.17. The van der Waals surface area contributed by atoms with Crippen LogP contribution >= 0.6 is 0 Å². The molecule has 2 aromatic rings. The number of nitrogens with one attached hydrogen (secondary N) is 1. The number of aryl methyl sites for hydroxylation is 1. The minimum Gasteiger partial charge on any atom is -0.348 e. The summed E-state index contributed by atoms with van der Waals surface area (Å²) in [6.07, 6.45) is 6.04. The monoisotopic (exact) mass is 272 g/mol. The molecule has 0 bridgehead atoms. The third-order valence-corrected chi connectivity index (χ3v) is 3.51. The molecule has 0 aliphatic rings. The second kappa shape index (κ2) is 6.32. The van der Waals surface area contributed by atoms with Crippen molar-refractivity contribution in [2.75, 3.05) is 0 Å². The van der Waals surface area contributed by atoms with Gasteiger partial charge in [-0.1, -0.05) is 6.92 Å². The first-order valence-electron chi connectivity index (χ1n) is 6.79. The first-order valence-corrected chi connectivity index (χ1v) is 6.79. The van der Waals surface area contributed by atoms with Gasteiger partial charge in [0, 0.05) is 18.1 Å². The van der Waals surface area contributed by atoms with Crippen LogP contribution in [-0.2, 0) is 11.3 Å². The highest BCUT2D eigenvalue weighted by Gasteiger charge is 2.13. The zero-order valence-corrected chi connectivity index (χ0v) is 12.1. The second-order valence-electron chi connectivity index (χ2n) is 4.85. The number of amides is 1. The Labute approximate surface area is 119 Å². The maximum atomic E-state index is 12.1. The number of rotatable bonds is 5. The van der Waals surface area contributed by atoms with Crippen molar-refractivity contribution in [2.45, 2.75) is 39.8 Å². The zero-order chi connectivity index (χ0) is 14.5. The third-order valence-electron chi connectivity index (χ3n) is 3.51. The van der Waals surface area contributed by atoms with E-state index < -0.39 is 0 Å². The van der Waals surface area contributed by atoms with Gasteiger partial charge in [-0.2, -0.15) is 0 Å². The molecule has 0 aliphatic carbocycles. The van der Waals surface area contributed by atoms with E-state index in [2.05, 4.69) is 22.2 Å². The van der Waals surface area contributed by atoms with Crippen LogP contribution < -0.4 is 5.32 Å². The third kappa shape index (κ3) is 3.23. The Bertz CT molecular complexity index is 577. The Hall–Kier alpha value is -2.17. The first-order chi connectivity index (χ1) is 9.61. The van der Waals surface area contributed by atoms with Crippen LogP contribution in [0.4, 0.5) is 0 Å². The van der Waals surface area contributed by atoms with Crippen molar-refractivity contribution < 1.29 is 4.79 Å². The molecule has 0 aromatic carbocycles. The van der Waals surface area contributed by atoms with Gasteiger partial charge in [-0.25, -0.2) is 4.98 Å². The zero-order valence-electron chi connectivity index (χ0n) is 12.1. The topological polar surface area (TPSA) is 59.8 Å². The molecule has 0 fully saturated rings. The Balaban J connectivity index is 2.01. The fourth-order valence-corrected chi connectivity index (χ4v) is 2.12. The molecule has 0 radical (unpaired) electrons. The highest BCUT2D eigenvalue weighted by Crippen LogP contribution is 2.15. The van der Waals surface area contributed by atoms with Crippen LogP contribution in [0.15, 0.2) is 30.9 Å². The summed E-state index contributed by atoms with van der Waals surface area (Å²) >= 11 is 0. The first kappa shape index (κ1) is 14.2. The van der Waals surface area contributed by atoms with Gasteiger partial charge in [0.05, 0.1) is 18.1 Å². The predicted octanol–water partition coefficient (Wildman–Crippen LogP) is 2.16. The molecule has 2 aromatic heterocycles. The van der Waals surface area contributed by atoms with Gasteiger partial charge in [-0.15, -0.1) is 0 Å². The van der Waals surface area contributed by atoms with E-state index in [-0.39, 0.29) is 11.9 Å². The number of nitrogens with zero attached hydrogens (tertiary/aromatic N) is 3. The molecule has 1 atom stereocenters. The lowest BCUT2D eigenvalue weighted by atomic mass is 10.1. The Kier molecular flexibility index (Phi) is 4.50. The molecule has 0 spiro atoms. The Morgan fingerprint density at radius 3 is 2.60 bits per heavy atom. The van der Waals surface area contributed by atoms with Gasteiger partial charge in [-0.05, 0) is 38.0 Å². The van der Waals surface area contributed by atoms with Crippen molar-refractivity contribution in [1.29, 1.82) is 0 Å². The molecule has 0 saturated carbocycles. The van der Waals surface area contributed by atoms with Gasteiger partial charge in [0.15, 0.2) is 0 Å². The number of pyridine rings is 1. The van der Waals surface area contributed by atoms with Crippen LogP contribution in [0.5, 0.6) is 0 Å². The van der Waals surface area contributed by atoms with Gasteiger partial charge < -0.3 is 9.88 Å². The minimum absolute atomic E-state index is 0.00541. The Morgan fingerprint density at radius 1 is 1.35 bits per heavy atom. The van der Waals surface area contributed by atoms with E-state index in [0.717, 1.165) is 23.4 Å². The van der Waals surface area contributed by atoms with Crippen molar-refractivity contribution in [3.63, 3.8) is 0 Å². The van der Waals surface area contributed by atoms with Crippen LogP contribution in [0.25, 0.3) is 0 Å². The van der Waals surface area contributed by atoms with E-state index in [1.165, 1.54) is 0 Å². The van der Waals surface area contributed by atoms with Crippen LogP contribution in [-0.4, -0.2) is 20.4 Å². The van der Waals surface area contributed by atoms with E-state index in [9.17, 15) is 4.79 Å². The SMILES string of the molecule is CCC(NC(=O)Cn1cnc(C)c1C)c1ccncc1. The number of carbonyl (C=O) groups is 1. The van der Waals surface area contributed by atoms with Crippen molar-refractivity contribution in [3.8, 4) is 0 Å². The average molecular weight is 272 g/mol. The summed E-state index contributed by atoms with van der Waals surface area (Å²) in [5, 5.41) is 3.05. The van der Waals surface area contributed by atoms with Gasteiger partial charge >= 0.3 is 0 Å². The van der Waals surface area contributed by atoms with E-state index >= 15 is 0 Å². The lowest BCUT2D eigenvalue weighted by molar-refractivity contribution is -0.122. The molecule has 0 aliphatic heterocycles. The molecule has 20 heavy (non-hydrogen) atoms. The number of aromatic nitrogens is 3. The fourth-order valence-electron chi connectivity index (χ4n) is 2.12. The largest absolute Gasteiger partial charge is 0.348 e. The maximum absolute atomic E-state index is 12.1. The fraction of sp³-hybridized carbons (Fsp3) is 0.400. The number of carbonyl (C=O) groups excluding carboxylic acids is 1. The highest BCUT2D eigenvalue weighted by molar-refractivity contribution is 5.76. The van der Waals surface area contributed by atoms with Crippen molar-refractivity contribution in [1.82, 2.24) is 19.9 Å². The number of hydrogen-bond donors (Lipinski definition) is 1. The highest BCUT2D eigenvalue weighted by atomic mass is 16.2. The van der Waals surface area contributed by atoms with E-state index in [4.69, 9.17) is 0 Å². The van der Waals surface area contributed by atoms with Crippen molar-refractivity contribution in [3.05, 3.63) is 47.8 Å². The molecule has 2 rings (SSSR count). The predicted molar refractivity (Wildman–Crippen MR) is 77.1 cm³/mol. The smallest absolute Gasteiger partial charge is 0.240 e. The normalized spacial score (nSPS) is 12.2. The lowest BCUT2D eigenvalue weighted by Crippen LogP contribution is -2.31. The van der Waals surface area contributed by atoms with Crippen molar-refractivity contribution in [2.24, 2.45) is 0 Å². The molecule has 5 heteroatoms. The maximum Gasteiger partial charge on any atom is 0.240 e. The quantitative estimate of drug-likeness (QED) is 0.907. The van der Waals surface area contributed by atoms with Gasteiger partial charge in [-0.3, -0.25) is 9.78 Å². The molecule has 1 unspecified atom stereocenters. The summed E-state index contributed by atoms with van der Waals surface area (Å²) in [4.78, 5) is 20.3. The molecule has 106 valence electrons. The second-order valence-corrected chi connectivity index (χ2v) is 4.85. The summed E-state index contributed by atoms with van der Waals surface area (Å²) < 4.78 is 1.87. The molecule has 1 N–H and O–H groups in total. The number of hydrogen-bond acceptors (Lipinski definition) is 3. The van der Waals surface area contributed by atoms with Crippen LogP contribution in [0, 0.1) is 13.8 Å². The van der Waals surface area contributed by atoms with Crippen LogP contribution in [0.2, 0.25) is 0 Å². The number of imidazole rings is 1. The molecule has 0 saturated heterocycles. The summed E-state index contributed by atoms with van der Waals surface area (Å²) in [6.45, 7) is 6.26. The molecule has 5 nitrogen and oxygen atoms in total. The van der Waals surface area contributed by atoms with Crippen molar-refractivity contribution >= 4 is 5.91 Å². The van der Waals surface area contributed by atoms with E-state index in [1.807, 2.05) is 30.5 Å². The van der Waals surface area contributed by atoms with Gasteiger partial charge in [0.25, 0.3) is 0 Å². The van der Waals surface area contributed by atoms with Crippen LogP contribution in [0.3, 0.4) is 0 Å². The summed E-state index contributed by atoms with van der Waals surface area (Å²) in [6, 6.07) is 3.89. The van der Waals surface area contributed by atoms with E-state index in [0.29, 0.717) is 6.54 Å². The minimum atomic E-state index is -0.00541. The molecular formula is C15H20N4O. The van der Waals surface area contributed by atoms with E-state index in [1.54, 1.807) is 18.7 Å². The molecule has 2 heterocycles. The summed E-state index contributed by atoms with van der Waals surface area (Å²) in [5.74, 6) is -0.00541.